The van der Waals surface area contributed by atoms with Crippen molar-refractivity contribution >= 4 is 0 Å². The number of halogens is 3. The molecule has 3 nitrogen and oxygen atoms in total. The van der Waals surface area contributed by atoms with Gasteiger partial charge in [0.1, 0.15) is 0 Å². The zero-order chi connectivity index (χ0) is 13.6. The number of hydrogen-bond acceptors (Lipinski definition) is 3. The molecule has 1 saturated carbocycles. The zero-order valence-electron chi connectivity index (χ0n) is 10.9. The molecule has 18 heavy (non-hydrogen) atoms. The third kappa shape index (κ3) is 4.74. The Labute approximate surface area is 106 Å². The van der Waals surface area contributed by atoms with Crippen molar-refractivity contribution in [2.24, 2.45) is 5.73 Å². The lowest BCUT2D eigenvalue weighted by atomic mass is 9.88. The maximum atomic E-state index is 11.9. The van der Waals surface area contributed by atoms with Gasteiger partial charge >= 0.3 is 6.36 Å². The monoisotopic (exact) mass is 268 g/mol. The summed E-state index contributed by atoms with van der Waals surface area (Å²) in [6.45, 7) is 0.425. The lowest BCUT2D eigenvalue weighted by molar-refractivity contribution is -0.325. The van der Waals surface area contributed by atoms with Crippen LogP contribution in [0.2, 0.25) is 0 Å². The van der Waals surface area contributed by atoms with Gasteiger partial charge in [-0.3, -0.25) is 9.64 Å². The normalized spacial score (nSPS) is 21.0. The van der Waals surface area contributed by atoms with E-state index in [1.165, 1.54) is 12.8 Å². The van der Waals surface area contributed by atoms with Crippen LogP contribution < -0.4 is 5.73 Å². The molecule has 0 aliphatic heterocycles. The highest BCUT2D eigenvalue weighted by molar-refractivity contribution is 4.91. The first-order valence-electron chi connectivity index (χ1n) is 6.52. The fourth-order valence-electron chi connectivity index (χ4n) is 2.66. The number of nitrogens with zero attached hydrogens (tertiary/aromatic N) is 1. The number of likely N-dealkylation sites (N-methyl/N-ethyl adjacent to an activating group) is 1. The number of ether oxygens (including phenoxy) is 1. The van der Waals surface area contributed by atoms with Crippen LogP contribution in [0.5, 0.6) is 0 Å². The third-order valence-electron chi connectivity index (χ3n) is 3.92. The summed E-state index contributed by atoms with van der Waals surface area (Å²) in [4.78, 5) is 1.95. The van der Waals surface area contributed by atoms with Crippen LogP contribution in [0.3, 0.4) is 0 Å². The SMILES string of the molecule is CN(CCOC(F)(F)F)C1(CN)CCCCCC1. The molecule has 0 amide bonds. The second-order valence-corrected chi connectivity index (χ2v) is 5.06. The van der Waals surface area contributed by atoms with Gasteiger partial charge in [-0.2, -0.15) is 0 Å². The smallest absolute Gasteiger partial charge is 0.329 e. The Bertz CT molecular complexity index is 238. The van der Waals surface area contributed by atoms with Crippen molar-refractivity contribution in [2.75, 3.05) is 26.7 Å². The van der Waals surface area contributed by atoms with Gasteiger partial charge in [-0.25, -0.2) is 0 Å². The van der Waals surface area contributed by atoms with Crippen molar-refractivity contribution in [1.29, 1.82) is 0 Å². The second kappa shape index (κ2) is 6.73. The van der Waals surface area contributed by atoms with E-state index in [-0.39, 0.29) is 18.7 Å². The van der Waals surface area contributed by atoms with Crippen molar-refractivity contribution in [3.63, 3.8) is 0 Å². The molecular weight excluding hydrogens is 245 g/mol. The van der Waals surface area contributed by atoms with Crippen molar-refractivity contribution in [3.05, 3.63) is 0 Å². The predicted octanol–water partition coefficient (Wildman–Crippen LogP) is 2.51. The first-order chi connectivity index (χ1) is 8.40. The standard InChI is InChI=1S/C12H23F3N2O/c1-17(8-9-18-12(13,14)15)11(10-16)6-4-2-3-5-7-11/h2-10,16H2,1H3. The molecule has 0 unspecified atom stereocenters. The minimum atomic E-state index is -4.54. The van der Waals surface area contributed by atoms with Crippen LogP contribution in [0.4, 0.5) is 13.2 Å². The summed E-state index contributed by atoms with van der Waals surface area (Å²) in [6, 6.07) is 0. The molecule has 1 aliphatic carbocycles. The number of hydrogen-bond donors (Lipinski definition) is 1. The topological polar surface area (TPSA) is 38.5 Å². The van der Waals surface area contributed by atoms with E-state index in [2.05, 4.69) is 4.74 Å². The Balaban J connectivity index is 2.47. The van der Waals surface area contributed by atoms with E-state index in [0.29, 0.717) is 6.54 Å². The van der Waals surface area contributed by atoms with E-state index in [4.69, 9.17) is 5.73 Å². The molecule has 0 radical (unpaired) electrons. The molecule has 1 aliphatic rings. The fourth-order valence-corrected chi connectivity index (χ4v) is 2.66. The van der Waals surface area contributed by atoms with Crippen LogP contribution in [-0.2, 0) is 4.74 Å². The summed E-state index contributed by atoms with van der Waals surface area (Å²) >= 11 is 0. The second-order valence-electron chi connectivity index (χ2n) is 5.06. The molecule has 1 fully saturated rings. The van der Waals surface area contributed by atoms with Gasteiger partial charge in [-0.15, -0.1) is 13.2 Å². The first kappa shape index (κ1) is 15.7. The third-order valence-corrected chi connectivity index (χ3v) is 3.92. The Hall–Kier alpha value is -0.330. The van der Waals surface area contributed by atoms with E-state index in [1.54, 1.807) is 0 Å². The number of rotatable bonds is 5. The zero-order valence-corrected chi connectivity index (χ0v) is 10.9. The van der Waals surface area contributed by atoms with Crippen molar-refractivity contribution in [2.45, 2.75) is 50.4 Å². The molecule has 0 atom stereocenters. The van der Waals surface area contributed by atoms with Gasteiger partial charge in [-0.05, 0) is 19.9 Å². The average Bonchev–Trinajstić information content (AvgIpc) is 2.53. The minimum Gasteiger partial charge on any atom is -0.329 e. The highest BCUT2D eigenvalue weighted by Gasteiger charge is 2.34. The quantitative estimate of drug-likeness (QED) is 0.779. The molecular formula is C12H23F3N2O. The van der Waals surface area contributed by atoms with E-state index in [9.17, 15) is 13.2 Å². The molecule has 0 bridgehead atoms. The van der Waals surface area contributed by atoms with Gasteiger partial charge in [-0.1, -0.05) is 25.7 Å². The molecule has 0 aromatic carbocycles. The first-order valence-corrected chi connectivity index (χ1v) is 6.52. The van der Waals surface area contributed by atoms with Gasteiger partial charge in [0, 0.05) is 18.6 Å². The van der Waals surface area contributed by atoms with E-state index in [1.807, 2.05) is 11.9 Å². The summed E-state index contributed by atoms with van der Waals surface area (Å²) in [6.07, 6.45) is 1.96. The summed E-state index contributed by atoms with van der Waals surface area (Å²) in [7, 11) is 1.85. The minimum absolute atomic E-state index is 0.147. The number of alkyl halides is 3. The van der Waals surface area contributed by atoms with Crippen molar-refractivity contribution < 1.29 is 17.9 Å². The molecule has 108 valence electrons. The Morgan fingerprint density at radius 3 is 2.17 bits per heavy atom. The van der Waals surface area contributed by atoms with Crippen molar-refractivity contribution in [1.82, 2.24) is 4.90 Å². The largest absolute Gasteiger partial charge is 0.522 e. The van der Waals surface area contributed by atoms with Gasteiger partial charge in [0.2, 0.25) is 0 Å². The van der Waals surface area contributed by atoms with Gasteiger partial charge in [0.15, 0.2) is 0 Å². The van der Waals surface area contributed by atoms with Crippen LogP contribution in [0.15, 0.2) is 0 Å². The summed E-state index contributed by atoms with van der Waals surface area (Å²) < 4.78 is 39.6. The van der Waals surface area contributed by atoms with E-state index >= 15 is 0 Å². The molecule has 6 heteroatoms. The molecule has 0 aromatic rings. The summed E-state index contributed by atoms with van der Waals surface area (Å²) in [5.41, 5.74) is 5.71. The Morgan fingerprint density at radius 1 is 1.17 bits per heavy atom. The van der Waals surface area contributed by atoms with Crippen LogP contribution in [0.1, 0.15) is 38.5 Å². The molecule has 0 saturated heterocycles. The molecule has 2 N–H and O–H groups in total. The van der Waals surface area contributed by atoms with E-state index in [0.717, 1.165) is 25.7 Å². The lowest BCUT2D eigenvalue weighted by Crippen LogP contribution is -2.52. The predicted molar refractivity (Wildman–Crippen MR) is 64.1 cm³/mol. The highest BCUT2D eigenvalue weighted by atomic mass is 19.4. The maximum absolute atomic E-state index is 11.9. The molecule has 1 rings (SSSR count). The Morgan fingerprint density at radius 2 is 1.72 bits per heavy atom. The number of nitrogens with two attached hydrogens (primary N) is 1. The highest BCUT2D eigenvalue weighted by Crippen LogP contribution is 2.31. The van der Waals surface area contributed by atoms with Crippen LogP contribution >= 0.6 is 0 Å². The summed E-state index contributed by atoms with van der Waals surface area (Å²) in [5.74, 6) is 0. The van der Waals surface area contributed by atoms with Gasteiger partial charge in [0.05, 0.1) is 6.61 Å². The summed E-state index contributed by atoms with van der Waals surface area (Å²) in [5, 5.41) is 0. The van der Waals surface area contributed by atoms with Gasteiger partial charge in [0.25, 0.3) is 0 Å². The van der Waals surface area contributed by atoms with Crippen LogP contribution in [-0.4, -0.2) is 43.5 Å². The van der Waals surface area contributed by atoms with Crippen LogP contribution in [0.25, 0.3) is 0 Å². The average molecular weight is 268 g/mol. The molecule has 0 spiro atoms. The van der Waals surface area contributed by atoms with E-state index < -0.39 is 6.36 Å². The van der Waals surface area contributed by atoms with Crippen molar-refractivity contribution in [3.8, 4) is 0 Å². The van der Waals surface area contributed by atoms with Crippen LogP contribution in [0, 0.1) is 0 Å². The fraction of sp³-hybridized carbons (Fsp3) is 1.00. The molecule has 0 heterocycles. The molecule has 0 aromatic heterocycles. The van der Waals surface area contributed by atoms with Gasteiger partial charge < -0.3 is 5.73 Å². The lowest BCUT2D eigenvalue weighted by Gasteiger charge is -2.41. The maximum Gasteiger partial charge on any atom is 0.522 e. The Kier molecular flexibility index (Phi) is 5.88.